The van der Waals surface area contributed by atoms with Crippen molar-refractivity contribution in [1.82, 2.24) is 5.32 Å². The molecule has 2 atom stereocenters. The molecule has 0 aromatic rings. The van der Waals surface area contributed by atoms with E-state index in [1.54, 1.807) is 6.08 Å². The molecule has 0 aliphatic rings. The fourth-order valence-electron chi connectivity index (χ4n) is 10.4. The third-order valence-corrected chi connectivity index (χ3v) is 15.5. The molecule has 432 valence electrons. The highest BCUT2D eigenvalue weighted by atomic mass is 16.5. The minimum Gasteiger partial charge on any atom is -0.466 e. The van der Waals surface area contributed by atoms with Crippen molar-refractivity contribution in [2.75, 3.05) is 13.2 Å². The molecular formula is C67H129NO5. The van der Waals surface area contributed by atoms with Crippen LogP contribution in [0.3, 0.4) is 0 Å². The van der Waals surface area contributed by atoms with Crippen LogP contribution in [-0.4, -0.2) is 47.4 Å². The lowest BCUT2D eigenvalue weighted by Crippen LogP contribution is -2.45. The molecule has 0 aromatic heterocycles. The summed E-state index contributed by atoms with van der Waals surface area (Å²) >= 11 is 0. The third kappa shape index (κ3) is 59.4. The van der Waals surface area contributed by atoms with Gasteiger partial charge >= 0.3 is 5.97 Å². The molecule has 73 heavy (non-hydrogen) atoms. The number of nitrogens with one attached hydrogen (secondary N) is 1. The van der Waals surface area contributed by atoms with Crippen LogP contribution in [0.25, 0.3) is 0 Å². The molecule has 0 heterocycles. The molecule has 0 rings (SSSR count). The van der Waals surface area contributed by atoms with E-state index in [9.17, 15) is 19.8 Å². The van der Waals surface area contributed by atoms with Gasteiger partial charge in [0.1, 0.15) is 0 Å². The van der Waals surface area contributed by atoms with Crippen LogP contribution in [0.4, 0.5) is 0 Å². The van der Waals surface area contributed by atoms with Gasteiger partial charge in [-0.1, -0.05) is 321 Å². The van der Waals surface area contributed by atoms with Crippen LogP contribution in [0.2, 0.25) is 0 Å². The molecule has 3 N–H and O–H groups in total. The van der Waals surface area contributed by atoms with E-state index in [1.807, 2.05) is 6.08 Å². The molecule has 0 saturated carbocycles. The van der Waals surface area contributed by atoms with Gasteiger partial charge in [0, 0.05) is 12.8 Å². The molecular weight excluding hydrogens is 899 g/mol. The Morgan fingerprint density at radius 3 is 0.973 bits per heavy atom. The highest BCUT2D eigenvalue weighted by Gasteiger charge is 2.18. The topological polar surface area (TPSA) is 95.9 Å². The van der Waals surface area contributed by atoms with Crippen molar-refractivity contribution >= 4 is 11.9 Å². The maximum atomic E-state index is 12.4. The first-order valence-electron chi connectivity index (χ1n) is 33.1. The zero-order valence-corrected chi connectivity index (χ0v) is 49.4. The fraction of sp³-hybridized carbons (Fsp3) is 0.910. The first kappa shape index (κ1) is 71.3. The Bertz CT molecular complexity index is 1140. The van der Waals surface area contributed by atoms with E-state index < -0.39 is 12.1 Å². The first-order chi connectivity index (χ1) is 36.0. The van der Waals surface area contributed by atoms with E-state index in [4.69, 9.17) is 4.74 Å². The van der Waals surface area contributed by atoms with E-state index in [0.717, 1.165) is 38.5 Å². The summed E-state index contributed by atoms with van der Waals surface area (Å²) in [7, 11) is 0. The number of amides is 1. The number of esters is 1. The van der Waals surface area contributed by atoms with Gasteiger partial charge in [0.25, 0.3) is 0 Å². The number of aliphatic hydroxyl groups is 2. The number of carbonyl (C=O) groups is 2. The number of hydrogen-bond acceptors (Lipinski definition) is 5. The largest absolute Gasteiger partial charge is 0.466 e. The van der Waals surface area contributed by atoms with Gasteiger partial charge in [-0.15, -0.1) is 0 Å². The molecule has 6 nitrogen and oxygen atoms in total. The second-order valence-corrected chi connectivity index (χ2v) is 22.8. The summed E-state index contributed by atoms with van der Waals surface area (Å²) in [5.74, 6) is -0.0455. The van der Waals surface area contributed by atoms with Crippen LogP contribution in [0.15, 0.2) is 24.3 Å². The quantitative estimate of drug-likeness (QED) is 0.0320. The SMILES string of the molecule is CCCCCCCCCC/C=C/C(O)C(CO)NC(=O)CCCCCCCCCCCCCCCCCC/C=C\CCCCCCCCCCCCCCOC(=O)CCCCCCCCCCCCCCCC. The molecule has 0 aromatic carbocycles. The number of rotatable bonds is 62. The molecule has 6 heteroatoms. The molecule has 0 fully saturated rings. The van der Waals surface area contributed by atoms with Gasteiger partial charge in [-0.3, -0.25) is 9.59 Å². The molecule has 0 aliphatic heterocycles. The van der Waals surface area contributed by atoms with Crippen LogP contribution >= 0.6 is 0 Å². The van der Waals surface area contributed by atoms with E-state index in [-0.39, 0.29) is 18.5 Å². The van der Waals surface area contributed by atoms with Crippen molar-refractivity contribution in [2.24, 2.45) is 0 Å². The van der Waals surface area contributed by atoms with Gasteiger partial charge in [0.05, 0.1) is 25.4 Å². The van der Waals surface area contributed by atoms with Gasteiger partial charge in [-0.25, -0.2) is 0 Å². The summed E-state index contributed by atoms with van der Waals surface area (Å²) in [6.45, 7) is 4.91. The maximum absolute atomic E-state index is 12.4. The van der Waals surface area contributed by atoms with Gasteiger partial charge in [0.2, 0.25) is 5.91 Å². The van der Waals surface area contributed by atoms with E-state index in [0.29, 0.717) is 19.4 Å². The van der Waals surface area contributed by atoms with Crippen molar-refractivity contribution in [2.45, 2.75) is 379 Å². The Labute approximate surface area is 456 Å². The molecule has 0 saturated heterocycles. The van der Waals surface area contributed by atoms with Crippen molar-refractivity contribution in [1.29, 1.82) is 0 Å². The number of allylic oxidation sites excluding steroid dienone is 3. The Morgan fingerprint density at radius 2 is 0.644 bits per heavy atom. The normalized spacial score (nSPS) is 12.7. The van der Waals surface area contributed by atoms with Crippen molar-refractivity contribution in [3.8, 4) is 0 Å². The highest BCUT2D eigenvalue weighted by molar-refractivity contribution is 5.76. The predicted octanol–water partition coefficient (Wildman–Crippen LogP) is 21.0. The lowest BCUT2D eigenvalue weighted by molar-refractivity contribution is -0.143. The minimum atomic E-state index is -0.840. The number of carbonyl (C=O) groups excluding carboxylic acids is 2. The predicted molar refractivity (Wildman–Crippen MR) is 320 cm³/mol. The van der Waals surface area contributed by atoms with Gasteiger partial charge in [0.15, 0.2) is 0 Å². The minimum absolute atomic E-state index is 0.0205. The monoisotopic (exact) mass is 1030 g/mol. The van der Waals surface area contributed by atoms with Crippen molar-refractivity contribution in [3.63, 3.8) is 0 Å². The van der Waals surface area contributed by atoms with E-state index >= 15 is 0 Å². The molecule has 0 bridgehead atoms. The smallest absolute Gasteiger partial charge is 0.305 e. The first-order valence-corrected chi connectivity index (χ1v) is 33.1. The Morgan fingerprint density at radius 1 is 0.370 bits per heavy atom. The number of hydrogen-bond donors (Lipinski definition) is 3. The average Bonchev–Trinajstić information content (AvgIpc) is 3.39. The molecule has 1 amide bonds. The summed E-state index contributed by atoms with van der Waals surface area (Å²) in [6.07, 6.45) is 78.3. The van der Waals surface area contributed by atoms with Gasteiger partial charge in [-0.05, 0) is 57.8 Å². The van der Waals surface area contributed by atoms with Crippen LogP contribution < -0.4 is 5.32 Å². The van der Waals surface area contributed by atoms with E-state index in [1.165, 1.54) is 302 Å². The van der Waals surface area contributed by atoms with Crippen molar-refractivity contribution < 1.29 is 24.5 Å². The highest BCUT2D eigenvalue weighted by Crippen LogP contribution is 2.18. The molecule has 2 unspecified atom stereocenters. The summed E-state index contributed by atoms with van der Waals surface area (Å²) < 4.78 is 5.49. The fourth-order valence-corrected chi connectivity index (χ4v) is 10.4. The van der Waals surface area contributed by atoms with Gasteiger partial charge < -0.3 is 20.3 Å². The Balaban J connectivity index is 3.33. The second-order valence-electron chi connectivity index (χ2n) is 22.8. The van der Waals surface area contributed by atoms with Crippen LogP contribution in [0, 0.1) is 0 Å². The summed E-state index contributed by atoms with van der Waals surface area (Å²) in [5, 5.41) is 23.0. The van der Waals surface area contributed by atoms with Crippen LogP contribution in [0.5, 0.6) is 0 Å². The van der Waals surface area contributed by atoms with Gasteiger partial charge in [-0.2, -0.15) is 0 Å². The standard InChI is InChI=1S/C67H129NO5/c1-3-5-7-9-11-13-15-16-38-41-45-49-53-57-61-67(72)73-62-58-54-50-46-42-39-36-34-32-30-28-26-24-22-20-18-17-19-21-23-25-27-29-31-33-35-37-40-44-48-52-56-60-66(71)68-64(63-69)65(70)59-55-51-47-43-14-12-10-8-6-4-2/h20,22,55,59,64-65,69-70H,3-19,21,23-54,56-58,60-63H2,1-2H3,(H,68,71)/b22-20-,59-55+. The average molecular weight is 1030 g/mol. The van der Waals surface area contributed by atoms with E-state index in [2.05, 4.69) is 31.3 Å². The van der Waals surface area contributed by atoms with Crippen molar-refractivity contribution in [3.05, 3.63) is 24.3 Å². The lowest BCUT2D eigenvalue weighted by atomic mass is 10.0. The Hall–Kier alpha value is -1.66. The van der Waals surface area contributed by atoms with Crippen LogP contribution in [0.1, 0.15) is 367 Å². The van der Waals surface area contributed by atoms with Crippen LogP contribution in [-0.2, 0) is 14.3 Å². The molecule has 0 spiro atoms. The molecule has 0 aliphatic carbocycles. The number of unbranched alkanes of at least 4 members (excludes halogenated alkanes) is 49. The Kier molecular flexibility index (Phi) is 61.4. The zero-order valence-electron chi connectivity index (χ0n) is 49.4. The summed E-state index contributed by atoms with van der Waals surface area (Å²) in [5.41, 5.74) is 0. The number of ether oxygens (including phenoxy) is 1. The zero-order chi connectivity index (χ0) is 52.9. The lowest BCUT2D eigenvalue weighted by Gasteiger charge is -2.20. The molecule has 0 radical (unpaired) electrons. The summed E-state index contributed by atoms with van der Waals surface area (Å²) in [6, 6.07) is -0.623. The summed E-state index contributed by atoms with van der Waals surface area (Å²) in [4.78, 5) is 24.5. The number of aliphatic hydroxyl groups excluding tert-OH is 2. The second kappa shape index (κ2) is 62.9. The maximum Gasteiger partial charge on any atom is 0.305 e. The third-order valence-electron chi connectivity index (χ3n) is 15.5.